The summed E-state index contributed by atoms with van der Waals surface area (Å²) in [5.41, 5.74) is 2.91. The number of aromatic nitrogens is 2. The minimum atomic E-state index is -0.164. The zero-order valence-corrected chi connectivity index (χ0v) is 21.8. The van der Waals surface area contributed by atoms with Crippen molar-refractivity contribution in [2.45, 2.75) is 5.16 Å². The molecule has 0 fully saturated rings. The Morgan fingerprint density at radius 3 is 2.41 bits per heavy atom. The van der Waals surface area contributed by atoms with Gasteiger partial charge in [0.25, 0.3) is 5.56 Å². The zero-order chi connectivity index (χ0) is 25.4. The number of hydrogen-bond acceptors (Lipinski definition) is 5. The molecule has 0 aliphatic carbocycles. The molecule has 0 aliphatic heterocycles. The van der Waals surface area contributed by atoms with Gasteiger partial charge >= 0.3 is 0 Å². The van der Waals surface area contributed by atoms with E-state index in [1.165, 1.54) is 23.1 Å². The first-order valence-electron chi connectivity index (χ1n) is 11.6. The first-order chi connectivity index (χ1) is 18.1. The number of fused-ring (bicyclic) bond motifs is 2. The van der Waals surface area contributed by atoms with Crippen molar-refractivity contribution in [3.05, 3.63) is 123 Å². The quantitative estimate of drug-likeness (QED) is 0.123. The topological polar surface area (TPSA) is 52.0 Å². The lowest BCUT2D eigenvalue weighted by Crippen LogP contribution is -2.22. The maximum Gasteiger partial charge on any atom is 0.268 e. The molecule has 0 N–H and O–H groups in total. The number of carbonyl (C=O) groups is 1. The van der Waals surface area contributed by atoms with Gasteiger partial charge in [-0.15, -0.1) is 11.3 Å². The van der Waals surface area contributed by atoms with E-state index in [2.05, 4.69) is 0 Å². The lowest BCUT2D eigenvalue weighted by Gasteiger charge is -2.12. The fraction of sp³-hybridized carbons (Fsp3) is 0.0333. The molecule has 7 heteroatoms. The Morgan fingerprint density at radius 1 is 0.892 bits per heavy atom. The zero-order valence-electron chi connectivity index (χ0n) is 19.4. The maximum atomic E-state index is 13.9. The van der Waals surface area contributed by atoms with Crippen LogP contribution < -0.4 is 5.56 Å². The lowest BCUT2D eigenvalue weighted by molar-refractivity contribution is 0.102. The van der Waals surface area contributed by atoms with Gasteiger partial charge in [0, 0.05) is 21.5 Å². The highest BCUT2D eigenvalue weighted by molar-refractivity contribution is 7.99. The molecule has 0 aliphatic rings. The predicted molar refractivity (Wildman–Crippen MR) is 155 cm³/mol. The van der Waals surface area contributed by atoms with E-state index in [0.717, 1.165) is 21.9 Å². The van der Waals surface area contributed by atoms with E-state index in [1.807, 2.05) is 102 Å². The van der Waals surface area contributed by atoms with Gasteiger partial charge in [0.2, 0.25) is 0 Å². The second-order valence-corrected chi connectivity index (χ2v) is 10.7. The van der Waals surface area contributed by atoms with Crippen LogP contribution in [0.5, 0.6) is 0 Å². The summed E-state index contributed by atoms with van der Waals surface area (Å²) in [6.45, 7) is 0. The van der Waals surface area contributed by atoms with Crippen LogP contribution in [0.25, 0.3) is 37.8 Å². The van der Waals surface area contributed by atoms with Crippen molar-refractivity contribution in [3.63, 3.8) is 0 Å². The molecule has 6 aromatic rings. The van der Waals surface area contributed by atoms with Gasteiger partial charge in [-0.1, -0.05) is 90.1 Å². The largest absolute Gasteiger partial charge is 0.293 e. The normalized spacial score (nSPS) is 11.3. The summed E-state index contributed by atoms with van der Waals surface area (Å²) in [7, 11) is 0. The fourth-order valence-electron chi connectivity index (χ4n) is 4.29. The highest BCUT2D eigenvalue weighted by Crippen LogP contribution is 2.33. The summed E-state index contributed by atoms with van der Waals surface area (Å²) in [5, 5.41) is 5.74. The van der Waals surface area contributed by atoms with Crippen LogP contribution in [0, 0.1) is 0 Å². The molecule has 0 saturated carbocycles. The Kier molecular flexibility index (Phi) is 6.38. The standard InChI is InChI=1S/C30H19ClN2O2S2/c31-23-14-12-20(13-15-23)25-17-36-28-27(25)29(35)33(24-8-2-1-3-9-24)30(32-28)37-18-26(34)22-11-10-19-6-4-5-7-21(19)16-22/h1-17H,18H2. The summed E-state index contributed by atoms with van der Waals surface area (Å²) in [6, 6.07) is 30.5. The molecule has 0 radical (unpaired) electrons. The van der Waals surface area contributed by atoms with Crippen molar-refractivity contribution < 1.29 is 4.79 Å². The molecule has 2 aromatic heterocycles. The number of nitrogens with zero attached hydrogens (tertiary/aromatic N) is 2. The summed E-state index contributed by atoms with van der Waals surface area (Å²) < 4.78 is 1.60. The Balaban J connectivity index is 1.41. The van der Waals surface area contributed by atoms with Gasteiger partial charge in [0.1, 0.15) is 4.83 Å². The summed E-state index contributed by atoms with van der Waals surface area (Å²) in [6.07, 6.45) is 0. The van der Waals surface area contributed by atoms with E-state index in [0.29, 0.717) is 31.6 Å². The third-order valence-corrected chi connectivity index (χ3v) is 8.21. The third kappa shape index (κ3) is 4.60. The molecule has 0 unspecified atom stereocenters. The monoisotopic (exact) mass is 538 g/mol. The molecule has 4 nitrogen and oxygen atoms in total. The van der Waals surface area contributed by atoms with Crippen molar-refractivity contribution in [2.24, 2.45) is 0 Å². The predicted octanol–water partition coefficient (Wildman–Crippen LogP) is 7.90. The van der Waals surface area contributed by atoms with Crippen LogP contribution in [0.1, 0.15) is 10.4 Å². The minimum absolute atomic E-state index is 0.0160. The molecule has 0 spiro atoms. The van der Waals surface area contributed by atoms with Gasteiger partial charge < -0.3 is 0 Å². The molecule has 37 heavy (non-hydrogen) atoms. The van der Waals surface area contributed by atoms with Gasteiger partial charge in [-0.2, -0.15) is 0 Å². The van der Waals surface area contributed by atoms with Crippen LogP contribution in [0.3, 0.4) is 0 Å². The minimum Gasteiger partial charge on any atom is -0.293 e. The highest BCUT2D eigenvalue weighted by atomic mass is 35.5. The van der Waals surface area contributed by atoms with Crippen molar-refractivity contribution in [1.82, 2.24) is 9.55 Å². The van der Waals surface area contributed by atoms with Gasteiger partial charge in [0.05, 0.1) is 16.8 Å². The highest BCUT2D eigenvalue weighted by Gasteiger charge is 2.19. The van der Waals surface area contributed by atoms with E-state index in [4.69, 9.17) is 16.6 Å². The number of carbonyl (C=O) groups excluding carboxylic acids is 1. The number of rotatable bonds is 6. The average molecular weight is 539 g/mol. The molecule has 6 rings (SSSR count). The Bertz CT molecular complexity index is 1830. The Labute approximate surface area is 226 Å². The van der Waals surface area contributed by atoms with Crippen molar-refractivity contribution in [2.75, 3.05) is 5.75 Å². The number of Topliss-reactive ketones (excluding diaryl/α,β-unsaturated/α-hetero) is 1. The van der Waals surface area contributed by atoms with Gasteiger partial charge in [-0.3, -0.25) is 14.2 Å². The van der Waals surface area contributed by atoms with E-state index in [-0.39, 0.29) is 17.1 Å². The lowest BCUT2D eigenvalue weighted by atomic mass is 10.1. The number of hydrogen-bond donors (Lipinski definition) is 0. The fourth-order valence-corrected chi connectivity index (χ4v) is 6.31. The van der Waals surface area contributed by atoms with E-state index in [1.54, 1.807) is 4.57 Å². The first-order valence-corrected chi connectivity index (χ1v) is 13.8. The van der Waals surface area contributed by atoms with Gasteiger partial charge in [-0.25, -0.2) is 4.98 Å². The second kappa shape index (κ2) is 9.98. The summed E-state index contributed by atoms with van der Waals surface area (Å²) in [4.78, 5) is 32.6. The van der Waals surface area contributed by atoms with Crippen LogP contribution in [0.2, 0.25) is 5.02 Å². The van der Waals surface area contributed by atoms with E-state index < -0.39 is 0 Å². The van der Waals surface area contributed by atoms with Crippen LogP contribution in [0.15, 0.2) is 112 Å². The molecule has 0 amide bonds. The average Bonchev–Trinajstić information content (AvgIpc) is 3.36. The van der Waals surface area contributed by atoms with E-state index in [9.17, 15) is 9.59 Å². The Hall–Kier alpha value is -3.71. The number of thioether (sulfide) groups is 1. The molecule has 0 atom stereocenters. The number of thiophene rings is 1. The number of benzene rings is 4. The summed E-state index contributed by atoms with van der Waals surface area (Å²) >= 11 is 8.78. The number of para-hydroxylation sites is 1. The van der Waals surface area contributed by atoms with E-state index >= 15 is 0 Å². The molecule has 180 valence electrons. The van der Waals surface area contributed by atoms with Crippen LogP contribution in [0.4, 0.5) is 0 Å². The molecular weight excluding hydrogens is 520 g/mol. The molecule has 4 aromatic carbocycles. The molecule has 0 saturated heterocycles. The van der Waals surface area contributed by atoms with Crippen LogP contribution >= 0.6 is 34.7 Å². The van der Waals surface area contributed by atoms with Crippen molar-refractivity contribution in [3.8, 4) is 16.8 Å². The van der Waals surface area contributed by atoms with Crippen molar-refractivity contribution >= 4 is 61.5 Å². The number of halogens is 1. The Morgan fingerprint density at radius 2 is 1.62 bits per heavy atom. The van der Waals surface area contributed by atoms with Crippen LogP contribution in [-0.2, 0) is 0 Å². The second-order valence-electron chi connectivity index (χ2n) is 8.48. The SMILES string of the molecule is O=C(CSc1nc2scc(-c3ccc(Cl)cc3)c2c(=O)n1-c1ccccc1)c1ccc2ccccc2c1. The third-order valence-electron chi connectivity index (χ3n) is 6.15. The molecule has 0 bridgehead atoms. The van der Waals surface area contributed by atoms with Crippen LogP contribution in [-0.4, -0.2) is 21.1 Å². The molecule has 2 heterocycles. The maximum absolute atomic E-state index is 13.9. The number of ketones is 1. The summed E-state index contributed by atoms with van der Waals surface area (Å²) in [5.74, 6) is 0.149. The van der Waals surface area contributed by atoms with Gasteiger partial charge in [0.15, 0.2) is 10.9 Å². The first kappa shape index (κ1) is 23.7. The van der Waals surface area contributed by atoms with Crippen molar-refractivity contribution in [1.29, 1.82) is 0 Å². The smallest absolute Gasteiger partial charge is 0.268 e. The molecular formula is C30H19ClN2O2S2. The van der Waals surface area contributed by atoms with Gasteiger partial charge in [-0.05, 0) is 46.7 Å².